The van der Waals surface area contributed by atoms with Crippen LogP contribution in [0.2, 0.25) is 0 Å². The van der Waals surface area contributed by atoms with Crippen LogP contribution in [0.15, 0.2) is 80.9 Å². The summed E-state index contributed by atoms with van der Waals surface area (Å²) in [5.74, 6) is -1.21. The average Bonchev–Trinajstić information content (AvgIpc) is 3.78. The third kappa shape index (κ3) is 5.40. The molecule has 1 aliphatic carbocycles. The first kappa shape index (κ1) is 33.5. The molecular weight excluding hydrogens is 670 g/mol. The summed E-state index contributed by atoms with van der Waals surface area (Å²) in [4.78, 5) is 29.5. The van der Waals surface area contributed by atoms with Crippen LogP contribution in [-0.4, -0.2) is 72.1 Å². The summed E-state index contributed by atoms with van der Waals surface area (Å²) in [5.41, 5.74) is 0.738. The predicted molar refractivity (Wildman–Crippen MR) is 184 cm³/mol. The summed E-state index contributed by atoms with van der Waals surface area (Å²) in [6.07, 6.45) is 4.07. The molecule has 3 aliphatic heterocycles. The number of halogens is 1. The van der Waals surface area contributed by atoms with Crippen molar-refractivity contribution in [3.63, 3.8) is 0 Å². The van der Waals surface area contributed by atoms with Crippen LogP contribution in [-0.2, 0) is 30.3 Å². The van der Waals surface area contributed by atoms with Crippen LogP contribution in [0.1, 0.15) is 61.4 Å². The van der Waals surface area contributed by atoms with Gasteiger partial charge in [0.15, 0.2) is 5.69 Å². The van der Waals surface area contributed by atoms with Crippen molar-refractivity contribution in [3.8, 4) is 0 Å². The van der Waals surface area contributed by atoms with Gasteiger partial charge in [-0.15, -0.1) is 8.29 Å². The maximum Gasteiger partial charge on any atom is 0.339 e. The van der Waals surface area contributed by atoms with Crippen molar-refractivity contribution in [2.75, 3.05) is 32.0 Å². The Bertz CT molecular complexity index is 2090. The number of nitrogens with zero attached hydrogens (tertiary/aromatic N) is 3. The number of amidine groups is 1. The van der Waals surface area contributed by atoms with Gasteiger partial charge in [-0.05, 0) is 99.8 Å². The van der Waals surface area contributed by atoms with E-state index in [1.54, 1.807) is 25.2 Å². The molecule has 3 fully saturated rings. The van der Waals surface area contributed by atoms with Crippen molar-refractivity contribution in [2.45, 2.75) is 66.7 Å². The molecule has 1 saturated carbocycles. The number of fused-ring (bicyclic) bond motifs is 2. The largest absolute Gasteiger partial charge is 0.362 e. The quantitative estimate of drug-likeness (QED) is 0.341. The van der Waals surface area contributed by atoms with E-state index in [4.69, 9.17) is 0 Å². The van der Waals surface area contributed by atoms with Gasteiger partial charge in [0.05, 0.1) is 17.2 Å². The van der Waals surface area contributed by atoms with Crippen LogP contribution in [0.25, 0.3) is 0 Å². The van der Waals surface area contributed by atoms with Crippen molar-refractivity contribution in [1.82, 2.24) is 14.1 Å². The first-order chi connectivity index (χ1) is 23.3. The average molecular weight is 709 g/mol. The molecule has 2 N–H and O–H groups in total. The minimum Gasteiger partial charge on any atom is -0.362 e. The standard InChI is InChI=1S/C35H38FN5O6S2/c1-23(42)41(49(46,47)28-13-11-26(36)12-14-28)31-15-10-25(21-30(31)35(16-18-37-19-17-35)33(41)24-8-9-24)34(43)38-27-5-3-6-29(22-27)48(44,45)39-32-7-4-20-40(32)2/h3,5-6,10-15,21-22,24,33,37H,4,7-9,16-20H2,1-2H3/p+1. The van der Waals surface area contributed by atoms with Gasteiger partial charge in [0.1, 0.15) is 22.6 Å². The van der Waals surface area contributed by atoms with E-state index in [0.717, 1.165) is 37.9 Å². The highest BCUT2D eigenvalue weighted by atomic mass is 32.2. The van der Waals surface area contributed by atoms with Crippen LogP contribution < -0.4 is 14.5 Å². The molecule has 1 spiro atoms. The normalized spacial score (nSPS) is 24.3. The number of likely N-dealkylation sites (tertiary alicyclic amines) is 1. The number of amides is 2. The van der Waals surface area contributed by atoms with Gasteiger partial charge in [-0.3, -0.25) is 4.79 Å². The summed E-state index contributed by atoms with van der Waals surface area (Å²) in [7, 11) is -6.66. The van der Waals surface area contributed by atoms with Crippen molar-refractivity contribution in [2.24, 2.45) is 10.3 Å². The van der Waals surface area contributed by atoms with Gasteiger partial charge in [-0.2, -0.15) is 16.8 Å². The van der Waals surface area contributed by atoms with Gasteiger partial charge in [0, 0.05) is 48.8 Å². The Morgan fingerprint density at radius 2 is 1.69 bits per heavy atom. The van der Waals surface area contributed by atoms with Gasteiger partial charge >= 0.3 is 15.9 Å². The van der Waals surface area contributed by atoms with E-state index < -0.39 is 53.0 Å². The summed E-state index contributed by atoms with van der Waals surface area (Å²) in [6, 6.07) is 14.7. The highest BCUT2D eigenvalue weighted by Gasteiger charge is 2.73. The second-order valence-electron chi connectivity index (χ2n) is 13.5. The van der Waals surface area contributed by atoms with E-state index in [1.165, 1.54) is 43.3 Å². The lowest BCUT2D eigenvalue weighted by Gasteiger charge is -2.43. The van der Waals surface area contributed by atoms with E-state index in [2.05, 4.69) is 15.0 Å². The van der Waals surface area contributed by atoms with Crippen molar-refractivity contribution in [3.05, 3.63) is 83.7 Å². The molecule has 2 unspecified atom stereocenters. The van der Waals surface area contributed by atoms with Gasteiger partial charge in [-0.1, -0.05) is 6.07 Å². The molecule has 49 heavy (non-hydrogen) atoms. The molecule has 14 heteroatoms. The summed E-state index contributed by atoms with van der Waals surface area (Å²) in [6.45, 7) is 3.25. The molecule has 11 nitrogen and oxygen atoms in total. The molecule has 2 saturated heterocycles. The number of piperidine rings is 1. The third-order valence-corrected chi connectivity index (χ3v) is 14.2. The summed E-state index contributed by atoms with van der Waals surface area (Å²) in [5, 5.41) is 6.18. The molecule has 3 heterocycles. The Morgan fingerprint density at radius 1 is 0.980 bits per heavy atom. The van der Waals surface area contributed by atoms with E-state index in [1.807, 2.05) is 4.90 Å². The first-order valence-electron chi connectivity index (χ1n) is 16.5. The second-order valence-corrected chi connectivity index (χ2v) is 17.1. The fraction of sp³-hybridized carbons (Fsp3) is 0.400. The number of sulfonamides is 2. The van der Waals surface area contributed by atoms with Crippen LogP contribution in [0.4, 0.5) is 15.8 Å². The molecule has 2 amide bonds. The van der Waals surface area contributed by atoms with Crippen LogP contribution in [0, 0.1) is 11.7 Å². The predicted octanol–water partition coefficient (Wildman–Crippen LogP) is 4.55. The number of carbonyl (C=O) groups is 2. The Labute approximate surface area is 285 Å². The maximum absolute atomic E-state index is 14.8. The number of hydrogen-bond donors (Lipinski definition) is 2. The minimum absolute atomic E-state index is 0.0424. The van der Waals surface area contributed by atoms with Gasteiger partial charge in [0.25, 0.3) is 15.9 Å². The smallest absolute Gasteiger partial charge is 0.339 e. The van der Waals surface area contributed by atoms with Crippen LogP contribution in [0.5, 0.6) is 0 Å². The molecule has 3 aromatic carbocycles. The fourth-order valence-corrected chi connectivity index (χ4v) is 11.6. The zero-order chi connectivity index (χ0) is 34.8. The number of hydrogen-bond acceptors (Lipinski definition) is 7. The summed E-state index contributed by atoms with van der Waals surface area (Å²) < 4.78 is 72.9. The van der Waals surface area contributed by atoms with Gasteiger partial charge in [0.2, 0.25) is 0 Å². The second kappa shape index (κ2) is 12.1. The Balaban J connectivity index is 1.31. The van der Waals surface area contributed by atoms with Crippen molar-refractivity contribution in [1.29, 1.82) is 0 Å². The zero-order valence-electron chi connectivity index (χ0n) is 27.4. The number of quaternary nitrogens is 1. The maximum atomic E-state index is 14.8. The molecule has 3 aromatic rings. The van der Waals surface area contributed by atoms with E-state index in [-0.39, 0.29) is 27.0 Å². The van der Waals surface area contributed by atoms with Crippen molar-refractivity contribution >= 4 is 49.1 Å². The Hall–Kier alpha value is -3.98. The number of nitrogens with one attached hydrogen (secondary N) is 2. The van der Waals surface area contributed by atoms with Crippen molar-refractivity contribution < 1.29 is 30.8 Å². The van der Waals surface area contributed by atoms with E-state index in [9.17, 15) is 30.8 Å². The number of anilines is 1. The summed E-state index contributed by atoms with van der Waals surface area (Å²) >= 11 is 0. The number of rotatable bonds is 7. The molecule has 7 rings (SSSR count). The number of benzene rings is 3. The molecule has 4 aliphatic rings. The van der Waals surface area contributed by atoms with Crippen LogP contribution in [0.3, 0.4) is 0 Å². The monoisotopic (exact) mass is 708 g/mol. The molecule has 258 valence electrons. The topological polar surface area (TPSA) is 142 Å². The molecule has 2 atom stereocenters. The molecule has 0 aromatic heterocycles. The lowest BCUT2D eigenvalue weighted by Crippen LogP contribution is -2.67. The minimum atomic E-state index is -4.44. The van der Waals surface area contributed by atoms with Crippen LogP contribution >= 0.6 is 0 Å². The SMILES string of the molecule is CC(=O)[N+]1(S(=O)(=O)c2ccc(F)cc2)c2ccc(C(=O)Nc3cccc(S(=O)(=O)N=C4CCCN4C)c3)cc2C2(CCNCC2)C1C1CC1. The fourth-order valence-electron chi connectivity index (χ4n) is 8.25. The lowest BCUT2D eigenvalue weighted by molar-refractivity contribution is -0.126. The first-order valence-corrected chi connectivity index (χ1v) is 19.4. The highest BCUT2D eigenvalue weighted by molar-refractivity contribution is 7.91. The molecular formula is C35H39FN5O6S2+. The Kier molecular flexibility index (Phi) is 8.28. The molecule has 0 bridgehead atoms. The Morgan fingerprint density at radius 3 is 2.33 bits per heavy atom. The van der Waals surface area contributed by atoms with Gasteiger partial charge in [-0.25, -0.2) is 9.18 Å². The molecule has 0 radical (unpaired) electrons. The third-order valence-electron chi connectivity index (χ3n) is 10.6. The van der Waals surface area contributed by atoms with E-state index in [0.29, 0.717) is 49.4 Å². The zero-order valence-corrected chi connectivity index (χ0v) is 29.0. The van der Waals surface area contributed by atoms with E-state index >= 15 is 0 Å². The van der Waals surface area contributed by atoms with Gasteiger partial charge < -0.3 is 15.5 Å². The number of carbonyl (C=O) groups excluding carboxylic acids is 2. The lowest BCUT2D eigenvalue weighted by atomic mass is 9.68. The highest BCUT2D eigenvalue weighted by Crippen LogP contribution is 2.62.